The van der Waals surface area contributed by atoms with Crippen molar-refractivity contribution in [2.45, 2.75) is 39.7 Å². The second-order valence-electron chi connectivity index (χ2n) is 5.08. The van der Waals surface area contributed by atoms with Gasteiger partial charge in [0, 0.05) is 13.0 Å². The summed E-state index contributed by atoms with van der Waals surface area (Å²) >= 11 is 0. The van der Waals surface area contributed by atoms with E-state index in [1.165, 1.54) is 0 Å². The summed E-state index contributed by atoms with van der Waals surface area (Å²) in [4.78, 5) is 11.8. The average Bonchev–Trinajstić information content (AvgIpc) is 2.44. The predicted octanol–water partition coefficient (Wildman–Crippen LogP) is 2.47. The first kappa shape index (κ1) is 16.5. The van der Waals surface area contributed by atoms with Crippen LogP contribution in [0.4, 0.5) is 0 Å². The van der Waals surface area contributed by atoms with Crippen molar-refractivity contribution < 1.29 is 9.53 Å². The smallest absolute Gasteiger partial charge is 0.220 e. The summed E-state index contributed by atoms with van der Waals surface area (Å²) < 4.78 is 5.43. The van der Waals surface area contributed by atoms with Gasteiger partial charge >= 0.3 is 0 Å². The molecule has 4 heteroatoms. The molecule has 0 radical (unpaired) electrons. The third kappa shape index (κ3) is 6.57. The second-order valence-corrected chi connectivity index (χ2v) is 5.08. The Bertz CT molecular complexity index is 407. The highest BCUT2D eigenvalue weighted by Gasteiger charge is 2.06. The second kappa shape index (κ2) is 9.37. The molecule has 0 saturated heterocycles. The maximum Gasteiger partial charge on any atom is 0.220 e. The molecular formula is C16H26N2O2. The van der Waals surface area contributed by atoms with E-state index >= 15 is 0 Å². The molecule has 1 aromatic carbocycles. The molecule has 0 saturated carbocycles. The van der Waals surface area contributed by atoms with Gasteiger partial charge in [0.25, 0.3) is 0 Å². The van der Waals surface area contributed by atoms with E-state index in [9.17, 15) is 4.79 Å². The van der Waals surface area contributed by atoms with Crippen LogP contribution in [0.3, 0.4) is 0 Å². The minimum atomic E-state index is 0.0932. The van der Waals surface area contributed by atoms with E-state index in [2.05, 4.69) is 12.2 Å². The molecule has 0 aromatic heterocycles. The molecule has 0 aliphatic heterocycles. The Hall–Kier alpha value is -1.55. The molecule has 1 rings (SSSR count). The highest BCUT2D eigenvalue weighted by molar-refractivity contribution is 5.75. The van der Waals surface area contributed by atoms with Crippen LogP contribution in [0.15, 0.2) is 24.3 Å². The van der Waals surface area contributed by atoms with Gasteiger partial charge < -0.3 is 15.8 Å². The van der Waals surface area contributed by atoms with Crippen LogP contribution in [0.1, 0.15) is 38.7 Å². The van der Waals surface area contributed by atoms with Crippen LogP contribution < -0.4 is 15.8 Å². The van der Waals surface area contributed by atoms with Crippen molar-refractivity contribution in [3.05, 3.63) is 29.8 Å². The first-order valence-electron chi connectivity index (χ1n) is 7.34. The van der Waals surface area contributed by atoms with Crippen LogP contribution in [0.25, 0.3) is 0 Å². The van der Waals surface area contributed by atoms with Crippen molar-refractivity contribution in [2.75, 3.05) is 13.2 Å². The number of rotatable bonds is 9. The van der Waals surface area contributed by atoms with Gasteiger partial charge in [-0.25, -0.2) is 0 Å². The summed E-state index contributed by atoms with van der Waals surface area (Å²) in [5.74, 6) is 1.44. The van der Waals surface area contributed by atoms with E-state index in [0.717, 1.165) is 24.2 Å². The standard InChI is InChI=1S/C16H26N2O2/c1-3-20-15-6-4-5-14(11-15)12-18-16(19)8-7-13(2)9-10-17/h4-6,11,13H,3,7-10,12,17H2,1-2H3,(H,18,19). The maximum atomic E-state index is 11.8. The van der Waals surface area contributed by atoms with Crippen molar-refractivity contribution in [3.8, 4) is 5.75 Å². The molecule has 4 nitrogen and oxygen atoms in total. The van der Waals surface area contributed by atoms with Gasteiger partial charge in [-0.2, -0.15) is 0 Å². The van der Waals surface area contributed by atoms with E-state index in [1.54, 1.807) is 0 Å². The number of amides is 1. The lowest BCUT2D eigenvalue weighted by molar-refractivity contribution is -0.121. The largest absolute Gasteiger partial charge is 0.494 e. The number of benzene rings is 1. The van der Waals surface area contributed by atoms with Gasteiger partial charge in [0.1, 0.15) is 5.75 Å². The van der Waals surface area contributed by atoms with Crippen LogP contribution in [0, 0.1) is 5.92 Å². The highest BCUT2D eigenvalue weighted by atomic mass is 16.5. The SMILES string of the molecule is CCOc1cccc(CNC(=O)CCC(C)CCN)c1. The average molecular weight is 278 g/mol. The Kier molecular flexibility index (Phi) is 7.73. The Morgan fingerprint density at radius 3 is 2.90 bits per heavy atom. The summed E-state index contributed by atoms with van der Waals surface area (Å²) in [6.45, 7) is 5.97. The zero-order chi connectivity index (χ0) is 14.8. The van der Waals surface area contributed by atoms with E-state index in [0.29, 0.717) is 32.0 Å². The van der Waals surface area contributed by atoms with Gasteiger partial charge in [-0.15, -0.1) is 0 Å². The van der Waals surface area contributed by atoms with Crippen LogP contribution >= 0.6 is 0 Å². The Morgan fingerprint density at radius 2 is 2.20 bits per heavy atom. The quantitative estimate of drug-likeness (QED) is 0.729. The van der Waals surface area contributed by atoms with Gasteiger partial charge in [0.05, 0.1) is 6.61 Å². The normalized spacial score (nSPS) is 11.9. The van der Waals surface area contributed by atoms with Crippen molar-refractivity contribution >= 4 is 5.91 Å². The molecule has 0 heterocycles. The summed E-state index contributed by atoms with van der Waals surface area (Å²) in [5, 5.41) is 2.94. The maximum absolute atomic E-state index is 11.8. The fraction of sp³-hybridized carbons (Fsp3) is 0.562. The van der Waals surface area contributed by atoms with Gasteiger partial charge in [-0.05, 0) is 49.9 Å². The molecule has 0 aliphatic rings. The Labute approximate surface area is 121 Å². The summed E-state index contributed by atoms with van der Waals surface area (Å²) in [5.41, 5.74) is 6.55. The van der Waals surface area contributed by atoms with Crippen molar-refractivity contribution in [3.63, 3.8) is 0 Å². The number of carbonyl (C=O) groups excluding carboxylic acids is 1. The zero-order valence-corrected chi connectivity index (χ0v) is 12.5. The van der Waals surface area contributed by atoms with Crippen LogP contribution in [0.5, 0.6) is 5.75 Å². The zero-order valence-electron chi connectivity index (χ0n) is 12.5. The van der Waals surface area contributed by atoms with E-state index in [-0.39, 0.29) is 5.91 Å². The van der Waals surface area contributed by atoms with E-state index < -0.39 is 0 Å². The van der Waals surface area contributed by atoms with Crippen LogP contribution in [-0.4, -0.2) is 19.1 Å². The summed E-state index contributed by atoms with van der Waals surface area (Å²) in [6.07, 6.45) is 2.43. The number of hydrogen-bond acceptors (Lipinski definition) is 3. The lowest BCUT2D eigenvalue weighted by Gasteiger charge is -2.10. The number of nitrogens with one attached hydrogen (secondary N) is 1. The number of carbonyl (C=O) groups is 1. The molecular weight excluding hydrogens is 252 g/mol. The number of ether oxygens (including phenoxy) is 1. The van der Waals surface area contributed by atoms with Crippen LogP contribution in [0.2, 0.25) is 0 Å². The third-order valence-corrected chi connectivity index (χ3v) is 3.22. The first-order valence-corrected chi connectivity index (χ1v) is 7.34. The molecule has 1 aromatic rings. The fourth-order valence-corrected chi connectivity index (χ4v) is 2.01. The van der Waals surface area contributed by atoms with Gasteiger partial charge in [-0.3, -0.25) is 4.79 Å². The molecule has 0 spiro atoms. The van der Waals surface area contributed by atoms with Crippen LogP contribution in [-0.2, 0) is 11.3 Å². The molecule has 1 amide bonds. The minimum absolute atomic E-state index is 0.0932. The molecule has 1 atom stereocenters. The molecule has 0 bridgehead atoms. The lowest BCUT2D eigenvalue weighted by atomic mass is 10.0. The van der Waals surface area contributed by atoms with Gasteiger partial charge in [0.2, 0.25) is 5.91 Å². The molecule has 20 heavy (non-hydrogen) atoms. The van der Waals surface area contributed by atoms with E-state index in [4.69, 9.17) is 10.5 Å². The number of hydrogen-bond donors (Lipinski definition) is 2. The predicted molar refractivity (Wildman–Crippen MR) is 81.5 cm³/mol. The monoisotopic (exact) mass is 278 g/mol. The molecule has 3 N–H and O–H groups in total. The summed E-state index contributed by atoms with van der Waals surface area (Å²) in [6, 6.07) is 7.81. The Morgan fingerprint density at radius 1 is 1.40 bits per heavy atom. The topological polar surface area (TPSA) is 64.3 Å². The molecule has 0 fully saturated rings. The Balaban J connectivity index is 2.31. The van der Waals surface area contributed by atoms with Gasteiger partial charge in [-0.1, -0.05) is 19.1 Å². The molecule has 112 valence electrons. The van der Waals surface area contributed by atoms with Crippen molar-refractivity contribution in [1.29, 1.82) is 0 Å². The highest BCUT2D eigenvalue weighted by Crippen LogP contribution is 2.13. The first-order chi connectivity index (χ1) is 9.65. The van der Waals surface area contributed by atoms with Gasteiger partial charge in [0.15, 0.2) is 0 Å². The summed E-state index contributed by atoms with van der Waals surface area (Å²) in [7, 11) is 0. The lowest BCUT2D eigenvalue weighted by Crippen LogP contribution is -2.23. The third-order valence-electron chi connectivity index (χ3n) is 3.22. The van der Waals surface area contributed by atoms with Crippen molar-refractivity contribution in [1.82, 2.24) is 5.32 Å². The molecule has 0 aliphatic carbocycles. The number of nitrogens with two attached hydrogens (primary N) is 1. The minimum Gasteiger partial charge on any atom is -0.494 e. The van der Waals surface area contributed by atoms with Crippen molar-refractivity contribution in [2.24, 2.45) is 11.7 Å². The fourth-order valence-electron chi connectivity index (χ4n) is 2.01. The van der Waals surface area contributed by atoms with E-state index in [1.807, 2.05) is 31.2 Å². The molecule has 1 unspecified atom stereocenters.